The fraction of sp³-hybridized carbons (Fsp3) is 0.294. The minimum absolute atomic E-state index is 0.0339. The molecule has 0 amide bonds. The number of halogens is 3. The number of nitrogens with one attached hydrogen (secondary N) is 1. The smallest absolute Gasteiger partial charge is 0.128 e. The second-order valence-electron chi connectivity index (χ2n) is 5.45. The van der Waals surface area contributed by atoms with Crippen molar-refractivity contribution in [3.8, 4) is 0 Å². The lowest BCUT2D eigenvalue weighted by atomic mass is 10.0. The minimum Gasteiger partial charge on any atom is -0.303 e. The van der Waals surface area contributed by atoms with E-state index in [0.717, 1.165) is 29.7 Å². The Morgan fingerprint density at radius 3 is 2.71 bits per heavy atom. The molecule has 0 fully saturated rings. The van der Waals surface area contributed by atoms with Crippen molar-refractivity contribution in [3.63, 3.8) is 0 Å². The van der Waals surface area contributed by atoms with E-state index in [1.165, 1.54) is 12.1 Å². The van der Waals surface area contributed by atoms with E-state index in [1.807, 2.05) is 6.07 Å². The van der Waals surface area contributed by atoms with E-state index >= 15 is 0 Å². The zero-order chi connectivity index (χ0) is 15.0. The Hall–Kier alpha value is -1.81. The van der Waals surface area contributed by atoms with Crippen molar-refractivity contribution < 1.29 is 13.2 Å². The number of fused-ring (bicyclic) bond motifs is 1. The molecule has 2 atom stereocenters. The van der Waals surface area contributed by atoms with Gasteiger partial charge in [0.25, 0.3) is 0 Å². The molecule has 2 unspecified atom stereocenters. The molecule has 0 bridgehead atoms. The Balaban J connectivity index is 1.83. The molecule has 0 aliphatic heterocycles. The van der Waals surface area contributed by atoms with Gasteiger partial charge in [-0.15, -0.1) is 0 Å². The number of hydrogen-bond acceptors (Lipinski definition) is 1. The van der Waals surface area contributed by atoms with Crippen LogP contribution in [0.2, 0.25) is 0 Å². The minimum atomic E-state index is -0.460. The van der Waals surface area contributed by atoms with Crippen molar-refractivity contribution in [1.82, 2.24) is 5.32 Å². The third kappa shape index (κ3) is 2.68. The average Bonchev–Trinajstić information content (AvgIpc) is 2.86. The Morgan fingerprint density at radius 1 is 1.10 bits per heavy atom. The van der Waals surface area contributed by atoms with Crippen molar-refractivity contribution >= 4 is 0 Å². The first-order valence-corrected chi connectivity index (χ1v) is 7.04. The molecule has 1 nitrogen and oxygen atoms in total. The van der Waals surface area contributed by atoms with Gasteiger partial charge in [-0.2, -0.15) is 0 Å². The normalized spacial score (nSPS) is 18.6. The summed E-state index contributed by atoms with van der Waals surface area (Å²) < 4.78 is 40.8. The molecule has 110 valence electrons. The van der Waals surface area contributed by atoms with Crippen LogP contribution in [-0.2, 0) is 6.42 Å². The largest absolute Gasteiger partial charge is 0.303 e. The summed E-state index contributed by atoms with van der Waals surface area (Å²) in [6.45, 7) is 1.79. The lowest BCUT2D eigenvalue weighted by Gasteiger charge is -2.21. The van der Waals surface area contributed by atoms with E-state index in [2.05, 4.69) is 5.32 Å². The van der Waals surface area contributed by atoms with Gasteiger partial charge in [0.15, 0.2) is 0 Å². The molecule has 0 saturated heterocycles. The number of benzene rings is 2. The lowest BCUT2D eigenvalue weighted by Crippen LogP contribution is -2.24. The molecule has 4 heteroatoms. The maximum Gasteiger partial charge on any atom is 0.128 e. The molecule has 0 spiro atoms. The molecule has 21 heavy (non-hydrogen) atoms. The van der Waals surface area contributed by atoms with E-state index in [9.17, 15) is 13.2 Å². The molecule has 1 aliphatic carbocycles. The summed E-state index contributed by atoms with van der Waals surface area (Å²) in [7, 11) is 0. The van der Waals surface area contributed by atoms with Crippen LogP contribution >= 0.6 is 0 Å². The van der Waals surface area contributed by atoms with Crippen LogP contribution in [0.5, 0.6) is 0 Å². The molecule has 0 aromatic heterocycles. The summed E-state index contributed by atoms with van der Waals surface area (Å²) in [6, 6.07) is 8.08. The first-order valence-electron chi connectivity index (χ1n) is 7.04. The third-order valence-electron chi connectivity index (χ3n) is 4.09. The van der Waals surface area contributed by atoms with Gasteiger partial charge in [0, 0.05) is 17.6 Å². The van der Waals surface area contributed by atoms with Gasteiger partial charge in [-0.25, -0.2) is 13.2 Å². The zero-order valence-corrected chi connectivity index (χ0v) is 11.7. The molecule has 3 rings (SSSR count). The summed E-state index contributed by atoms with van der Waals surface area (Å²) in [6.07, 6.45) is 1.43. The molecule has 0 radical (unpaired) electrons. The highest BCUT2D eigenvalue weighted by molar-refractivity contribution is 5.36. The summed E-state index contributed by atoms with van der Waals surface area (Å²) in [5.74, 6) is -1.09. The Kier molecular flexibility index (Phi) is 3.72. The van der Waals surface area contributed by atoms with Gasteiger partial charge in [0.1, 0.15) is 17.5 Å². The monoisotopic (exact) mass is 291 g/mol. The molecular formula is C17H16F3N. The van der Waals surface area contributed by atoms with Gasteiger partial charge in [-0.05, 0) is 55.2 Å². The Morgan fingerprint density at radius 2 is 1.90 bits per heavy atom. The predicted octanol–water partition coefficient (Wildman–Crippen LogP) is 4.44. The number of hydrogen-bond donors (Lipinski definition) is 1. The Labute approximate surface area is 121 Å². The van der Waals surface area contributed by atoms with Crippen LogP contribution in [0.25, 0.3) is 0 Å². The van der Waals surface area contributed by atoms with Crippen LogP contribution in [0.15, 0.2) is 36.4 Å². The fourth-order valence-corrected chi connectivity index (χ4v) is 3.02. The molecule has 2 aromatic carbocycles. The van der Waals surface area contributed by atoms with Crippen molar-refractivity contribution in [2.45, 2.75) is 31.8 Å². The highest BCUT2D eigenvalue weighted by Crippen LogP contribution is 2.34. The number of rotatable bonds is 3. The van der Waals surface area contributed by atoms with Crippen molar-refractivity contribution in [1.29, 1.82) is 0 Å². The van der Waals surface area contributed by atoms with E-state index in [1.54, 1.807) is 13.0 Å². The average molecular weight is 291 g/mol. The van der Waals surface area contributed by atoms with E-state index in [-0.39, 0.29) is 17.9 Å². The standard InChI is InChI=1S/C17H16F3N/c1-10(14-9-11(18)5-7-16(14)20)21-17-8-6-12-13(17)3-2-4-15(12)19/h2-5,7,9-10,17,21H,6,8H2,1H3. The quantitative estimate of drug-likeness (QED) is 0.881. The van der Waals surface area contributed by atoms with Crippen LogP contribution in [-0.4, -0.2) is 0 Å². The summed E-state index contributed by atoms with van der Waals surface area (Å²) in [5, 5.41) is 3.27. The predicted molar refractivity (Wildman–Crippen MR) is 75.4 cm³/mol. The third-order valence-corrected chi connectivity index (χ3v) is 4.09. The maximum absolute atomic E-state index is 13.8. The topological polar surface area (TPSA) is 12.0 Å². The molecular weight excluding hydrogens is 275 g/mol. The van der Waals surface area contributed by atoms with Gasteiger partial charge < -0.3 is 5.32 Å². The first kappa shape index (κ1) is 14.1. The highest BCUT2D eigenvalue weighted by Gasteiger charge is 2.26. The SMILES string of the molecule is CC(NC1CCc2c(F)cccc21)c1cc(F)ccc1F. The van der Waals surface area contributed by atoms with Crippen molar-refractivity contribution in [3.05, 3.63) is 70.5 Å². The van der Waals surface area contributed by atoms with Crippen LogP contribution in [0.3, 0.4) is 0 Å². The second-order valence-corrected chi connectivity index (χ2v) is 5.45. The van der Waals surface area contributed by atoms with Gasteiger partial charge in [-0.3, -0.25) is 0 Å². The second kappa shape index (κ2) is 5.53. The van der Waals surface area contributed by atoms with Gasteiger partial charge in [0.2, 0.25) is 0 Å². The van der Waals surface area contributed by atoms with Crippen LogP contribution in [0.4, 0.5) is 13.2 Å². The molecule has 0 heterocycles. The van der Waals surface area contributed by atoms with Crippen molar-refractivity contribution in [2.24, 2.45) is 0 Å². The maximum atomic E-state index is 13.8. The highest BCUT2D eigenvalue weighted by atomic mass is 19.1. The molecule has 1 N–H and O–H groups in total. The summed E-state index contributed by atoms with van der Waals surface area (Å²) in [4.78, 5) is 0. The van der Waals surface area contributed by atoms with E-state index < -0.39 is 11.6 Å². The lowest BCUT2D eigenvalue weighted by molar-refractivity contribution is 0.447. The van der Waals surface area contributed by atoms with Gasteiger partial charge in [-0.1, -0.05) is 12.1 Å². The van der Waals surface area contributed by atoms with Crippen LogP contribution in [0, 0.1) is 17.5 Å². The Bertz CT molecular complexity index is 669. The van der Waals surface area contributed by atoms with Crippen LogP contribution < -0.4 is 5.32 Å². The fourth-order valence-electron chi connectivity index (χ4n) is 3.02. The summed E-state index contributed by atoms with van der Waals surface area (Å²) >= 11 is 0. The first-order chi connectivity index (χ1) is 10.1. The summed E-state index contributed by atoms with van der Waals surface area (Å²) in [5.41, 5.74) is 1.93. The molecule has 0 saturated carbocycles. The zero-order valence-electron chi connectivity index (χ0n) is 11.7. The van der Waals surface area contributed by atoms with Gasteiger partial charge in [0.05, 0.1) is 0 Å². The van der Waals surface area contributed by atoms with Gasteiger partial charge >= 0.3 is 0 Å². The van der Waals surface area contributed by atoms with Crippen molar-refractivity contribution in [2.75, 3.05) is 0 Å². The molecule has 2 aromatic rings. The van der Waals surface area contributed by atoms with E-state index in [0.29, 0.717) is 12.0 Å². The van der Waals surface area contributed by atoms with E-state index in [4.69, 9.17) is 0 Å². The van der Waals surface area contributed by atoms with Crippen LogP contribution in [0.1, 0.15) is 42.1 Å². The molecule has 1 aliphatic rings.